The number of rotatable bonds is 4. The predicted molar refractivity (Wildman–Crippen MR) is 112 cm³/mol. The Balaban J connectivity index is 1.24. The molecule has 0 spiro atoms. The molecule has 0 unspecified atom stereocenters. The van der Waals surface area contributed by atoms with Crippen molar-refractivity contribution in [2.24, 2.45) is 5.92 Å². The Labute approximate surface area is 172 Å². The van der Waals surface area contributed by atoms with E-state index in [1.54, 1.807) is 0 Å². The van der Waals surface area contributed by atoms with Gasteiger partial charge in [0.1, 0.15) is 0 Å². The first kappa shape index (κ1) is 19.6. The number of nitrogens with zero attached hydrogens (tertiary/aromatic N) is 3. The summed E-state index contributed by atoms with van der Waals surface area (Å²) in [6.07, 6.45) is 7.74. The second-order valence-corrected chi connectivity index (χ2v) is 8.20. The van der Waals surface area contributed by atoms with Crippen LogP contribution in [0, 0.1) is 5.92 Å². The number of hydrogen-bond donors (Lipinski definition) is 0. The summed E-state index contributed by atoms with van der Waals surface area (Å²) in [7, 11) is 0. The van der Waals surface area contributed by atoms with E-state index in [4.69, 9.17) is 0 Å². The maximum atomic E-state index is 13.0. The minimum atomic E-state index is 0.0632. The Bertz CT molecular complexity index is 809. The van der Waals surface area contributed by atoms with Crippen LogP contribution in [0.2, 0.25) is 0 Å². The number of hydrogen-bond acceptors (Lipinski definition) is 3. The van der Waals surface area contributed by atoms with E-state index < -0.39 is 0 Å². The molecule has 3 heterocycles. The van der Waals surface area contributed by atoms with Gasteiger partial charge in [0.2, 0.25) is 11.8 Å². The van der Waals surface area contributed by atoms with Crippen molar-refractivity contribution in [2.75, 3.05) is 26.2 Å². The van der Waals surface area contributed by atoms with Crippen molar-refractivity contribution in [2.45, 2.75) is 38.0 Å². The van der Waals surface area contributed by atoms with E-state index in [0.29, 0.717) is 25.4 Å². The van der Waals surface area contributed by atoms with Gasteiger partial charge in [-0.15, -0.1) is 0 Å². The Hall–Kier alpha value is -2.69. The van der Waals surface area contributed by atoms with Crippen molar-refractivity contribution in [3.63, 3.8) is 0 Å². The smallest absolute Gasteiger partial charge is 0.226 e. The van der Waals surface area contributed by atoms with Gasteiger partial charge in [0, 0.05) is 44.5 Å². The zero-order chi connectivity index (χ0) is 20.1. The fraction of sp³-hybridized carbons (Fsp3) is 0.458. The first-order chi connectivity index (χ1) is 14.2. The molecular weight excluding hydrogens is 362 g/mol. The fourth-order valence-electron chi connectivity index (χ4n) is 4.59. The van der Waals surface area contributed by atoms with Crippen molar-refractivity contribution < 1.29 is 9.59 Å². The number of carbonyl (C=O) groups excluding carboxylic acids is 2. The number of benzene rings is 1. The van der Waals surface area contributed by atoms with Crippen molar-refractivity contribution >= 4 is 11.8 Å². The molecule has 4 rings (SSSR count). The average Bonchev–Trinajstić information content (AvgIpc) is 2.80. The molecule has 0 N–H and O–H groups in total. The van der Waals surface area contributed by atoms with Gasteiger partial charge in [-0.1, -0.05) is 30.3 Å². The monoisotopic (exact) mass is 391 g/mol. The van der Waals surface area contributed by atoms with E-state index in [1.165, 1.54) is 5.56 Å². The summed E-state index contributed by atoms with van der Waals surface area (Å²) < 4.78 is 0. The molecule has 1 aromatic carbocycles. The molecule has 0 saturated carbocycles. The molecule has 0 atom stereocenters. The van der Waals surface area contributed by atoms with Crippen LogP contribution in [-0.4, -0.2) is 52.8 Å². The van der Waals surface area contributed by atoms with Crippen molar-refractivity contribution in [1.29, 1.82) is 0 Å². The van der Waals surface area contributed by atoms with Crippen LogP contribution < -0.4 is 0 Å². The SMILES string of the molecule is O=C(Cc1ccccc1)N1CCC(C(=O)N2CCC(c3ccncc3)CC2)CC1. The molecule has 152 valence electrons. The van der Waals surface area contributed by atoms with Crippen LogP contribution >= 0.6 is 0 Å². The Kier molecular flexibility index (Phi) is 6.23. The van der Waals surface area contributed by atoms with E-state index in [0.717, 1.165) is 44.3 Å². The molecular formula is C24H29N3O2. The summed E-state index contributed by atoms with van der Waals surface area (Å²) in [5.74, 6) is 1.04. The van der Waals surface area contributed by atoms with Crippen molar-refractivity contribution in [3.05, 3.63) is 66.0 Å². The third-order valence-electron chi connectivity index (χ3n) is 6.38. The predicted octanol–water partition coefficient (Wildman–Crippen LogP) is 3.27. The summed E-state index contributed by atoms with van der Waals surface area (Å²) in [5.41, 5.74) is 2.38. The lowest BCUT2D eigenvalue weighted by Gasteiger charge is -2.37. The average molecular weight is 392 g/mol. The molecule has 0 bridgehead atoms. The van der Waals surface area contributed by atoms with Gasteiger partial charge >= 0.3 is 0 Å². The zero-order valence-corrected chi connectivity index (χ0v) is 16.9. The summed E-state index contributed by atoms with van der Waals surface area (Å²) in [5, 5.41) is 0. The van der Waals surface area contributed by atoms with Crippen LogP contribution in [0.1, 0.15) is 42.7 Å². The molecule has 0 radical (unpaired) electrons. The minimum Gasteiger partial charge on any atom is -0.342 e. The lowest BCUT2D eigenvalue weighted by molar-refractivity contribution is -0.141. The van der Waals surface area contributed by atoms with Gasteiger partial charge in [-0.2, -0.15) is 0 Å². The molecule has 5 heteroatoms. The van der Waals surface area contributed by atoms with Gasteiger partial charge in [0.25, 0.3) is 0 Å². The highest BCUT2D eigenvalue weighted by atomic mass is 16.2. The maximum Gasteiger partial charge on any atom is 0.226 e. The van der Waals surface area contributed by atoms with Gasteiger partial charge in [0.15, 0.2) is 0 Å². The number of pyridine rings is 1. The summed E-state index contributed by atoms with van der Waals surface area (Å²) in [4.78, 5) is 33.6. The fourth-order valence-corrected chi connectivity index (χ4v) is 4.59. The van der Waals surface area contributed by atoms with Crippen LogP contribution in [0.4, 0.5) is 0 Å². The second-order valence-electron chi connectivity index (χ2n) is 8.20. The Morgan fingerprint density at radius 2 is 1.45 bits per heavy atom. The van der Waals surface area contributed by atoms with Crippen LogP contribution in [0.25, 0.3) is 0 Å². The molecule has 2 amide bonds. The first-order valence-corrected chi connectivity index (χ1v) is 10.7. The molecule has 2 aliphatic heterocycles. The number of amides is 2. The largest absolute Gasteiger partial charge is 0.342 e. The number of piperidine rings is 2. The normalized spacial score (nSPS) is 18.6. The molecule has 5 nitrogen and oxygen atoms in total. The van der Waals surface area contributed by atoms with Crippen LogP contribution in [0.3, 0.4) is 0 Å². The van der Waals surface area contributed by atoms with Crippen LogP contribution in [0.15, 0.2) is 54.9 Å². The van der Waals surface area contributed by atoms with Gasteiger partial charge in [-0.3, -0.25) is 14.6 Å². The Morgan fingerprint density at radius 1 is 0.828 bits per heavy atom. The molecule has 2 fully saturated rings. The van der Waals surface area contributed by atoms with Crippen LogP contribution in [0.5, 0.6) is 0 Å². The third kappa shape index (κ3) is 4.84. The van der Waals surface area contributed by atoms with Gasteiger partial charge in [0.05, 0.1) is 6.42 Å². The number of carbonyl (C=O) groups is 2. The highest BCUT2D eigenvalue weighted by Gasteiger charge is 2.32. The minimum absolute atomic E-state index is 0.0632. The van der Waals surface area contributed by atoms with Gasteiger partial charge in [-0.05, 0) is 54.9 Å². The van der Waals surface area contributed by atoms with Gasteiger partial charge < -0.3 is 9.80 Å². The standard InChI is InChI=1S/C24H29N3O2/c28-23(18-19-4-2-1-3-5-19)26-14-10-22(11-15-26)24(29)27-16-8-21(9-17-27)20-6-12-25-13-7-20/h1-7,12-13,21-22H,8-11,14-18H2. The van der Waals surface area contributed by atoms with Gasteiger partial charge in [-0.25, -0.2) is 0 Å². The van der Waals surface area contributed by atoms with E-state index in [-0.39, 0.29) is 17.7 Å². The second kappa shape index (κ2) is 9.21. The van der Waals surface area contributed by atoms with E-state index in [1.807, 2.05) is 52.5 Å². The summed E-state index contributed by atoms with van der Waals surface area (Å²) in [6, 6.07) is 14.0. The molecule has 1 aromatic heterocycles. The van der Waals surface area contributed by atoms with Crippen LogP contribution in [-0.2, 0) is 16.0 Å². The molecule has 2 saturated heterocycles. The summed E-state index contributed by atoms with van der Waals surface area (Å²) >= 11 is 0. The van der Waals surface area contributed by atoms with E-state index in [9.17, 15) is 9.59 Å². The third-order valence-corrected chi connectivity index (χ3v) is 6.38. The molecule has 0 aliphatic carbocycles. The molecule has 2 aliphatic rings. The van der Waals surface area contributed by atoms with Crippen molar-refractivity contribution in [1.82, 2.24) is 14.8 Å². The maximum absolute atomic E-state index is 13.0. The highest BCUT2D eigenvalue weighted by Crippen LogP contribution is 2.29. The van der Waals surface area contributed by atoms with E-state index >= 15 is 0 Å². The summed E-state index contributed by atoms with van der Waals surface area (Å²) in [6.45, 7) is 3.04. The number of aromatic nitrogens is 1. The first-order valence-electron chi connectivity index (χ1n) is 10.7. The lowest BCUT2D eigenvalue weighted by atomic mass is 9.88. The molecule has 29 heavy (non-hydrogen) atoms. The van der Waals surface area contributed by atoms with Crippen molar-refractivity contribution in [3.8, 4) is 0 Å². The molecule has 2 aromatic rings. The topological polar surface area (TPSA) is 53.5 Å². The lowest BCUT2D eigenvalue weighted by Crippen LogP contribution is -2.46. The highest BCUT2D eigenvalue weighted by molar-refractivity contribution is 5.81. The quantitative estimate of drug-likeness (QED) is 0.804. The zero-order valence-electron chi connectivity index (χ0n) is 16.9. The van der Waals surface area contributed by atoms with E-state index in [2.05, 4.69) is 17.1 Å². The Morgan fingerprint density at radius 3 is 2.10 bits per heavy atom. The number of likely N-dealkylation sites (tertiary alicyclic amines) is 2.